The number of nitrogens with zero attached hydrogens (tertiary/aromatic N) is 2. The van der Waals surface area contributed by atoms with Gasteiger partial charge in [-0.05, 0) is 19.1 Å². The lowest BCUT2D eigenvalue weighted by Crippen LogP contribution is -2.38. The summed E-state index contributed by atoms with van der Waals surface area (Å²) in [6, 6.07) is 5.77. The summed E-state index contributed by atoms with van der Waals surface area (Å²) in [6.07, 6.45) is 5.27. The Hall–Kier alpha value is -1.62. The predicted octanol–water partition coefficient (Wildman–Crippen LogP) is 2.35. The van der Waals surface area contributed by atoms with Crippen LogP contribution in [0.15, 0.2) is 23.2 Å². The van der Waals surface area contributed by atoms with E-state index in [-0.39, 0.29) is 24.0 Å². The highest BCUT2D eigenvalue weighted by atomic mass is 127. The molecule has 0 saturated carbocycles. The van der Waals surface area contributed by atoms with Gasteiger partial charge in [0.15, 0.2) is 5.96 Å². The van der Waals surface area contributed by atoms with E-state index in [1.807, 2.05) is 37.1 Å². The average molecular weight is 417 g/mol. The van der Waals surface area contributed by atoms with Gasteiger partial charge in [0.25, 0.3) is 0 Å². The summed E-state index contributed by atoms with van der Waals surface area (Å²) in [4.78, 5) is 6.35. The molecule has 0 aliphatic rings. The van der Waals surface area contributed by atoms with E-state index in [0.29, 0.717) is 13.1 Å². The zero-order chi connectivity index (χ0) is 15.7. The number of benzene rings is 1. The van der Waals surface area contributed by atoms with E-state index in [1.54, 1.807) is 14.2 Å². The third kappa shape index (κ3) is 6.02. The first-order valence-corrected chi connectivity index (χ1v) is 6.80. The molecule has 1 N–H and O–H groups in total. The van der Waals surface area contributed by atoms with Gasteiger partial charge < -0.3 is 19.7 Å². The van der Waals surface area contributed by atoms with Gasteiger partial charge in [-0.1, -0.05) is 5.92 Å². The van der Waals surface area contributed by atoms with Gasteiger partial charge in [0, 0.05) is 31.8 Å². The maximum absolute atomic E-state index is 5.41. The molecule has 0 unspecified atom stereocenters. The summed E-state index contributed by atoms with van der Waals surface area (Å²) in [6.45, 7) is 3.82. The van der Waals surface area contributed by atoms with Gasteiger partial charge in [0.2, 0.25) is 0 Å². The van der Waals surface area contributed by atoms with Crippen LogP contribution in [0.5, 0.6) is 11.5 Å². The number of nitrogens with one attached hydrogen (secondary N) is 1. The molecule has 0 aromatic heterocycles. The lowest BCUT2D eigenvalue weighted by atomic mass is 10.2. The molecule has 1 rings (SSSR count). The molecule has 0 saturated heterocycles. The molecule has 0 aliphatic heterocycles. The molecule has 1 aromatic rings. The van der Waals surface area contributed by atoms with Crippen molar-refractivity contribution in [2.75, 3.05) is 34.4 Å². The maximum atomic E-state index is 5.41. The molecule has 0 bridgehead atoms. The lowest BCUT2D eigenvalue weighted by Gasteiger charge is -2.23. The van der Waals surface area contributed by atoms with Crippen LogP contribution in [0.4, 0.5) is 0 Å². The molecule has 22 heavy (non-hydrogen) atoms. The molecule has 5 nitrogen and oxygen atoms in total. The third-order valence-electron chi connectivity index (χ3n) is 2.92. The summed E-state index contributed by atoms with van der Waals surface area (Å²) in [5.41, 5.74) is 1.05. The number of aliphatic imine (C=N–C) groups is 1. The van der Waals surface area contributed by atoms with Crippen LogP contribution in [0.1, 0.15) is 12.5 Å². The van der Waals surface area contributed by atoms with Crippen LogP contribution < -0.4 is 14.8 Å². The van der Waals surface area contributed by atoms with Crippen LogP contribution in [0.25, 0.3) is 0 Å². The monoisotopic (exact) mass is 417 g/mol. The summed E-state index contributed by atoms with van der Waals surface area (Å²) < 4.78 is 10.6. The minimum atomic E-state index is 0. The van der Waals surface area contributed by atoms with Crippen LogP contribution in [0, 0.1) is 12.3 Å². The number of rotatable bonds is 6. The van der Waals surface area contributed by atoms with Gasteiger partial charge in [-0.25, -0.2) is 4.99 Å². The van der Waals surface area contributed by atoms with Crippen molar-refractivity contribution in [2.45, 2.75) is 13.5 Å². The summed E-state index contributed by atoms with van der Waals surface area (Å²) in [5.74, 6) is 4.84. The van der Waals surface area contributed by atoms with Crippen molar-refractivity contribution in [3.8, 4) is 23.8 Å². The first-order chi connectivity index (χ1) is 10.2. The van der Waals surface area contributed by atoms with E-state index in [9.17, 15) is 0 Å². The van der Waals surface area contributed by atoms with Crippen LogP contribution in [-0.4, -0.2) is 45.2 Å². The van der Waals surface area contributed by atoms with E-state index < -0.39 is 0 Å². The fourth-order valence-corrected chi connectivity index (χ4v) is 1.90. The summed E-state index contributed by atoms with van der Waals surface area (Å²) in [7, 11) is 5.24. The number of terminal acetylenes is 1. The van der Waals surface area contributed by atoms with Crippen LogP contribution in [0.3, 0.4) is 0 Å². The highest BCUT2D eigenvalue weighted by molar-refractivity contribution is 14.0. The number of hydrogen-bond acceptors (Lipinski definition) is 3. The van der Waals surface area contributed by atoms with E-state index in [2.05, 4.69) is 16.2 Å². The van der Waals surface area contributed by atoms with Gasteiger partial charge in [-0.3, -0.25) is 0 Å². The minimum Gasteiger partial charge on any atom is -0.497 e. The number of hydrogen-bond donors (Lipinski definition) is 1. The normalized spacial score (nSPS) is 10.2. The van der Waals surface area contributed by atoms with Gasteiger partial charge in [0.1, 0.15) is 18.0 Å². The van der Waals surface area contributed by atoms with Crippen LogP contribution >= 0.6 is 24.0 Å². The molecular weight excluding hydrogens is 393 g/mol. The molecule has 0 aliphatic carbocycles. The number of guanidine groups is 1. The minimum absolute atomic E-state index is 0. The fraction of sp³-hybridized carbons (Fsp3) is 0.438. The molecule has 0 radical (unpaired) electrons. The highest BCUT2D eigenvalue weighted by Crippen LogP contribution is 2.25. The molecule has 0 amide bonds. The Labute approximate surface area is 150 Å². The molecule has 0 spiro atoms. The number of halogens is 1. The second kappa shape index (κ2) is 11.0. The third-order valence-corrected chi connectivity index (χ3v) is 2.92. The smallest absolute Gasteiger partial charge is 0.194 e. The van der Waals surface area contributed by atoms with Crippen LogP contribution in [0.2, 0.25) is 0 Å². The first kappa shape index (κ1) is 20.4. The molecular formula is C16H24IN3O2. The highest BCUT2D eigenvalue weighted by Gasteiger charge is 2.10. The second-order valence-electron chi connectivity index (χ2n) is 4.41. The number of methoxy groups -OCH3 is 2. The zero-order valence-electron chi connectivity index (χ0n) is 13.5. The Morgan fingerprint density at radius 1 is 1.36 bits per heavy atom. The summed E-state index contributed by atoms with van der Waals surface area (Å²) >= 11 is 0. The average Bonchev–Trinajstić information content (AvgIpc) is 2.51. The predicted molar refractivity (Wildman–Crippen MR) is 101 cm³/mol. The van der Waals surface area contributed by atoms with Crippen molar-refractivity contribution >= 4 is 29.9 Å². The first-order valence-electron chi connectivity index (χ1n) is 6.80. The van der Waals surface area contributed by atoms with Crippen molar-refractivity contribution in [3.63, 3.8) is 0 Å². The summed E-state index contributed by atoms with van der Waals surface area (Å²) in [5, 5.41) is 3.21. The SMILES string of the molecule is C#CCN=C(NCC)N(C)Cc1ccc(OC)cc1OC.I. The van der Waals surface area contributed by atoms with E-state index >= 15 is 0 Å². The van der Waals surface area contributed by atoms with Crippen molar-refractivity contribution in [3.05, 3.63) is 23.8 Å². The Morgan fingerprint density at radius 2 is 2.09 bits per heavy atom. The standard InChI is InChI=1S/C16H23N3O2.HI/c1-6-10-18-16(17-7-2)19(3)12-13-8-9-14(20-4)11-15(13)21-5;/h1,8-9,11H,7,10,12H2,2-5H3,(H,17,18);1H. The van der Waals surface area contributed by atoms with Gasteiger partial charge in [-0.15, -0.1) is 30.4 Å². The van der Waals surface area contributed by atoms with E-state index in [0.717, 1.165) is 29.6 Å². The van der Waals surface area contributed by atoms with Crippen molar-refractivity contribution in [2.24, 2.45) is 4.99 Å². The Morgan fingerprint density at radius 3 is 2.64 bits per heavy atom. The molecule has 0 heterocycles. The van der Waals surface area contributed by atoms with Crippen LogP contribution in [-0.2, 0) is 6.54 Å². The Bertz CT molecular complexity index is 527. The van der Waals surface area contributed by atoms with Gasteiger partial charge >= 0.3 is 0 Å². The fourth-order valence-electron chi connectivity index (χ4n) is 1.90. The lowest BCUT2D eigenvalue weighted by molar-refractivity contribution is 0.382. The Kier molecular flexibility index (Phi) is 10.2. The quantitative estimate of drug-likeness (QED) is 0.334. The molecule has 6 heteroatoms. The van der Waals surface area contributed by atoms with Crippen molar-refractivity contribution < 1.29 is 9.47 Å². The van der Waals surface area contributed by atoms with E-state index in [1.165, 1.54) is 0 Å². The Balaban J connectivity index is 0.00000441. The van der Waals surface area contributed by atoms with Gasteiger partial charge in [-0.2, -0.15) is 0 Å². The molecule has 0 atom stereocenters. The van der Waals surface area contributed by atoms with E-state index in [4.69, 9.17) is 15.9 Å². The largest absolute Gasteiger partial charge is 0.497 e. The molecule has 1 aromatic carbocycles. The second-order valence-corrected chi connectivity index (χ2v) is 4.41. The maximum Gasteiger partial charge on any atom is 0.194 e. The molecule has 122 valence electrons. The van der Waals surface area contributed by atoms with Crippen molar-refractivity contribution in [1.29, 1.82) is 0 Å². The topological polar surface area (TPSA) is 46.1 Å². The van der Waals surface area contributed by atoms with Gasteiger partial charge in [0.05, 0.1) is 14.2 Å². The number of ether oxygens (including phenoxy) is 2. The van der Waals surface area contributed by atoms with Crippen molar-refractivity contribution in [1.82, 2.24) is 10.2 Å². The molecule has 0 fully saturated rings. The zero-order valence-corrected chi connectivity index (χ0v) is 15.9.